The Morgan fingerprint density at radius 3 is 1.75 bits per heavy atom. The average molecular weight is 748 g/mol. The third-order valence-electron chi connectivity index (χ3n) is 11.3. The minimum absolute atomic E-state index is 0.767. The summed E-state index contributed by atoms with van der Waals surface area (Å²) in [5.74, 6) is 0. The lowest BCUT2D eigenvalue weighted by molar-refractivity contribution is 0.592. The monoisotopic (exact) mass is 747 g/mol. The zero-order valence-corrected chi connectivity index (χ0v) is 31.7. The van der Waals surface area contributed by atoms with E-state index in [1.165, 1.54) is 27.1 Å². The van der Waals surface area contributed by atoms with Gasteiger partial charge in [-0.25, -0.2) is 4.98 Å². The van der Waals surface area contributed by atoms with E-state index in [0.29, 0.717) is 0 Å². The number of para-hydroxylation sites is 1. The molecule has 0 saturated carbocycles. The molecule has 0 amide bonds. The molecule has 0 radical (unpaired) electrons. The Morgan fingerprint density at radius 1 is 0.404 bits per heavy atom. The second-order valence-corrected chi connectivity index (χ2v) is 17.4. The van der Waals surface area contributed by atoms with Crippen LogP contribution in [0, 0.1) is 0 Å². The number of fused-ring (bicyclic) bond motifs is 8. The van der Waals surface area contributed by atoms with E-state index in [1.807, 2.05) is 84.9 Å². The maximum atomic E-state index is 15.0. The highest BCUT2D eigenvalue weighted by molar-refractivity contribution is 7.85. The van der Waals surface area contributed by atoms with E-state index in [-0.39, 0.29) is 0 Å². The maximum Gasteiger partial charge on any atom is 0.171 e. The largest absolute Gasteiger partial charge is 0.454 e. The first-order valence-electron chi connectivity index (χ1n) is 19.2. The summed E-state index contributed by atoms with van der Waals surface area (Å²) < 4.78 is 21.7. The number of nitrogens with zero attached hydrogens (tertiary/aromatic N) is 1. The van der Waals surface area contributed by atoms with E-state index in [2.05, 4.69) is 121 Å². The normalized spacial score (nSPS) is 11.9. The summed E-state index contributed by atoms with van der Waals surface area (Å²) in [7, 11) is -3.08. The van der Waals surface area contributed by atoms with Crippen LogP contribution in [0.3, 0.4) is 0 Å². The predicted molar refractivity (Wildman–Crippen MR) is 240 cm³/mol. The Hall–Kier alpha value is -7.06. The van der Waals surface area contributed by atoms with Crippen molar-refractivity contribution in [2.45, 2.75) is 0 Å². The topological polar surface area (TPSA) is 43.1 Å². The van der Waals surface area contributed by atoms with Crippen LogP contribution in [0.2, 0.25) is 0 Å². The van der Waals surface area contributed by atoms with Gasteiger partial charge < -0.3 is 8.98 Å². The van der Waals surface area contributed by atoms with Crippen molar-refractivity contribution in [3.05, 3.63) is 206 Å². The molecule has 4 heteroatoms. The average Bonchev–Trinajstić information content (AvgIpc) is 3.69. The van der Waals surface area contributed by atoms with Crippen molar-refractivity contribution >= 4 is 77.4 Å². The fourth-order valence-electron chi connectivity index (χ4n) is 8.57. The molecule has 57 heavy (non-hydrogen) atoms. The number of pyridine rings is 1. The molecular formula is C53H34NO2P. The number of hydrogen-bond acceptors (Lipinski definition) is 3. The summed E-state index contributed by atoms with van der Waals surface area (Å²) >= 11 is 0. The minimum Gasteiger partial charge on any atom is -0.454 e. The molecule has 0 spiro atoms. The predicted octanol–water partition coefficient (Wildman–Crippen LogP) is 13.1. The van der Waals surface area contributed by atoms with Crippen molar-refractivity contribution in [3.63, 3.8) is 0 Å². The Morgan fingerprint density at radius 2 is 1.00 bits per heavy atom. The summed E-state index contributed by atoms with van der Waals surface area (Å²) in [6.07, 6.45) is 0. The third kappa shape index (κ3) is 5.43. The van der Waals surface area contributed by atoms with Crippen molar-refractivity contribution in [2.24, 2.45) is 0 Å². The zero-order valence-electron chi connectivity index (χ0n) is 30.8. The van der Waals surface area contributed by atoms with E-state index in [1.54, 1.807) is 0 Å². The van der Waals surface area contributed by atoms with Gasteiger partial charge in [-0.1, -0.05) is 176 Å². The smallest absolute Gasteiger partial charge is 0.171 e. The highest BCUT2D eigenvalue weighted by atomic mass is 31.2. The summed E-state index contributed by atoms with van der Waals surface area (Å²) in [5, 5.41) is 10.6. The first kappa shape index (κ1) is 33.3. The van der Waals surface area contributed by atoms with Gasteiger partial charge in [-0.15, -0.1) is 0 Å². The van der Waals surface area contributed by atoms with E-state index >= 15 is 4.57 Å². The number of benzene rings is 9. The number of rotatable bonds is 6. The van der Waals surface area contributed by atoms with Crippen LogP contribution in [0.4, 0.5) is 0 Å². The molecule has 0 N–H and O–H groups in total. The third-order valence-corrected chi connectivity index (χ3v) is 14.4. The lowest BCUT2D eigenvalue weighted by Crippen LogP contribution is -2.24. The fraction of sp³-hybridized carbons (Fsp3) is 0. The summed E-state index contributed by atoms with van der Waals surface area (Å²) in [4.78, 5) is 5.33. The van der Waals surface area contributed by atoms with E-state index in [9.17, 15) is 0 Å². The van der Waals surface area contributed by atoms with Crippen molar-refractivity contribution in [3.8, 4) is 33.5 Å². The molecule has 11 rings (SSSR count). The molecule has 9 aromatic carbocycles. The minimum atomic E-state index is -3.08. The molecule has 0 fully saturated rings. The van der Waals surface area contributed by atoms with Crippen LogP contribution in [-0.2, 0) is 4.57 Å². The van der Waals surface area contributed by atoms with E-state index in [4.69, 9.17) is 9.40 Å². The highest BCUT2D eigenvalue weighted by Gasteiger charge is 2.29. The number of hydrogen-bond donors (Lipinski definition) is 0. The molecule has 268 valence electrons. The van der Waals surface area contributed by atoms with Gasteiger partial charge in [0.2, 0.25) is 0 Å². The molecule has 0 atom stereocenters. The van der Waals surface area contributed by atoms with Crippen molar-refractivity contribution < 1.29 is 8.98 Å². The van der Waals surface area contributed by atoms with E-state index < -0.39 is 7.14 Å². The van der Waals surface area contributed by atoms with Crippen molar-refractivity contribution in [1.29, 1.82) is 0 Å². The first-order chi connectivity index (χ1) is 28.1. The SMILES string of the molecule is O=P(c1ccccc1)(c1ccccc1)c1ccc(-c2cccc(-c3nc4ccc(-c5cc6ccccc6c6ccccc56)cc4c4c3oc3ccccc34)c2)cc1. The molecule has 0 saturated heterocycles. The van der Waals surface area contributed by atoms with Crippen LogP contribution in [0.5, 0.6) is 0 Å². The van der Waals surface area contributed by atoms with Gasteiger partial charge in [0.15, 0.2) is 12.7 Å². The molecule has 2 aromatic heterocycles. The van der Waals surface area contributed by atoms with Gasteiger partial charge in [0.25, 0.3) is 0 Å². The van der Waals surface area contributed by atoms with E-state index in [0.717, 1.165) is 76.7 Å². The second kappa shape index (κ2) is 13.3. The first-order valence-corrected chi connectivity index (χ1v) is 20.9. The lowest BCUT2D eigenvalue weighted by Gasteiger charge is -2.20. The van der Waals surface area contributed by atoms with Crippen molar-refractivity contribution in [2.75, 3.05) is 0 Å². The Balaban J connectivity index is 1.05. The summed E-state index contributed by atoms with van der Waals surface area (Å²) in [6.45, 7) is 0. The lowest BCUT2D eigenvalue weighted by atomic mass is 9.92. The van der Waals surface area contributed by atoms with Crippen LogP contribution in [0.15, 0.2) is 211 Å². The standard InChI is InChI=1S/C53H34NO2P/c55-57(40-17-3-1-4-18-40,41-19-5-2-6-20-41)42-29-26-35(27-30-42)36-15-13-16-39(32-36)52-53-51(46-24-11-12-25-50(46)56-53)48-34-38(28-31-49(48)54-52)47-33-37-14-7-8-21-43(37)44-22-9-10-23-45(44)47/h1-34H. The molecule has 0 aliphatic rings. The van der Waals surface area contributed by atoms with Crippen LogP contribution >= 0.6 is 7.14 Å². The fourth-order valence-corrected chi connectivity index (χ4v) is 11.2. The molecule has 0 aliphatic carbocycles. The molecule has 11 aromatic rings. The molecule has 3 nitrogen and oxygen atoms in total. The van der Waals surface area contributed by atoms with Crippen LogP contribution in [0.1, 0.15) is 0 Å². The zero-order chi connectivity index (χ0) is 37.9. The number of aromatic nitrogens is 1. The van der Waals surface area contributed by atoms with Gasteiger partial charge in [-0.3, -0.25) is 0 Å². The Kier molecular flexibility index (Phi) is 7.77. The molecular weight excluding hydrogens is 714 g/mol. The van der Waals surface area contributed by atoms with Crippen LogP contribution in [-0.4, -0.2) is 4.98 Å². The van der Waals surface area contributed by atoms with Gasteiger partial charge in [-0.05, 0) is 74.1 Å². The Labute approximate surface area is 329 Å². The second-order valence-electron chi connectivity index (χ2n) is 14.6. The maximum absolute atomic E-state index is 15.0. The summed E-state index contributed by atoms with van der Waals surface area (Å²) in [6, 6.07) is 70.8. The van der Waals surface area contributed by atoms with Gasteiger partial charge in [-0.2, -0.15) is 0 Å². The van der Waals surface area contributed by atoms with Gasteiger partial charge in [0.1, 0.15) is 11.3 Å². The Bertz CT molecular complexity index is 3330. The quantitative estimate of drug-likeness (QED) is 0.126. The van der Waals surface area contributed by atoms with Crippen LogP contribution < -0.4 is 15.9 Å². The van der Waals surface area contributed by atoms with Crippen molar-refractivity contribution in [1.82, 2.24) is 4.98 Å². The molecule has 0 bridgehead atoms. The summed E-state index contributed by atoms with van der Waals surface area (Å²) in [5.41, 5.74) is 8.67. The number of furan rings is 1. The molecule has 0 aliphatic heterocycles. The van der Waals surface area contributed by atoms with Gasteiger partial charge in [0.05, 0.1) is 5.52 Å². The van der Waals surface area contributed by atoms with Gasteiger partial charge >= 0.3 is 0 Å². The molecule has 2 heterocycles. The van der Waals surface area contributed by atoms with Gasteiger partial charge in [0, 0.05) is 37.6 Å². The highest BCUT2D eigenvalue weighted by Crippen LogP contribution is 2.44. The van der Waals surface area contributed by atoms with Crippen LogP contribution in [0.25, 0.3) is 87.9 Å². The molecule has 0 unspecified atom stereocenters.